The van der Waals surface area contributed by atoms with Crippen molar-refractivity contribution in [2.45, 2.75) is 33.3 Å². The van der Waals surface area contributed by atoms with E-state index in [1.54, 1.807) is 26.8 Å². The van der Waals surface area contributed by atoms with Gasteiger partial charge < -0.3 is 9.84 Å². The van der Waals surface area contributed by atoms with Gasteiger partial charge in [0.15, 0.2) is 0 Å². The molecule has 1 aromatic heterocycles. The molecule has 0 saturated carbocycles. The van der Waals surface area contributed by atoms with E-state index in [4.69, 9.17) is 4.74 Å². The molecule has 0 spiro atoms. The second-order valence-electron chi connectivity index (χ2n) is 4.72. The molecule has 2 rings (SSSR count). The van der Waals surface area contributed by atoms with Crippen LogP contribution in [-0.4, -0.2) is 22.2 Å². The van der Waals surface area contributed by atoms with Crippen molar-refractivity contribution >= 4 is 16.9 Å². The van der Waals surface area contributed by atoms with Crippen LogP contribution in [0.2, 0.25) is 0 Å². The fraction of sp³-hybridized carbons (Fsp3) is 0.333. The summed E-state index contributed by atoms with van der Waals surface area (Å²) in [5, 5.41) is 9.79. The average molecular weight is 277 g/mol. The average Bonchev–Trinajstić information content (AvgIpc) is 2.38. The first-order valence-corrected chi connectivity index (χ1v) is 6.46. The number of carboxylic acids is 1. The first-order chi connectivity index (χ1) is 9.45. The van der Waals surface area contributed by atoms with Gasteiger partial charge in [0.05, 0.1) is 11.8 Å². The summed E-state index contributed by atoms with van der Waals surface area (Å²) in [4.78, 5) is 15.6. The summed E-state index contributed by atoms with van der Waals surface area (Å²) < 4.78 is 19.5. The predicted octanol–water partition coefficient (Wildman–Crippen LogP) is 3.42. The first-order valence-electron chi connectivity index (χ1n) is 6.46. The number of ether oxygens (including phenoxy) is 1. The van der Waals surface area contributed by atoms with Gasteiger partial charge in [-0.2, -0.15) is 0 Å². The van der Waals surface area contributed by atoms with Crippen LogP contribution in [0.1, 0.15) is 36.8 Å². The highest BCUT2D eigenvalue weighted by molar-refractivity contribution is 6.00. The van der Waals surface area contributed by atoms with Crippen molar-refractivity contribution in [3.63, 3.8) is 0 Å². The second kappa shape index (κ2) is 5.45. The zero-order chi connectivity index (χ0) is 14.9. The third-order valence-corrected chi connectivity index (χ3v) is 2.90. The molecule has 106 valence electrons. The highest BCUT2D eigenvalue weighted by Gasteiger charge is 2.23. The van der Waals surface area contributed by atoms with E-state index in [0.29, 0.717) is 17.5 Å². The van der Waals surface area contributed by atoms with Gasteiger partial charge in [-0.25, -0.2) is 14.2 Å². The lowest BCUT2D eigenvalue weighted by Gasteiger charge is -2.17. The Morgan fingerprint density at radius 2 is 2.15 bits per heavy atom. The maximum Gasteiger partial charge on any atom is 0.341 e. The van der Waals surface area contributed by atoms with E-state index in [-0.39, 0.29) is 22.9 Å². The molecule has 1 aromatic carbocycles. The smallest absolute Gasteiger partial charge is 0.341 e. The molecule has 0 amide bonds. The summed E-state index contributed by atoms with van der Waals surface area (Å²) >= 11 is 0. The zero-order valence-corrected chi connectivity index (χ0v) is 11.6. The van der Waals surface area contributed by atoms with Gasteiger partial charge in [0.2, 0.25) is 0 Å². The number of para-hydroxylation sites is 1. The maximum atomic E-state index is 13.9. The molecule has 0 aliphatic rings. The molecule has 2 aromatic rings. The quantitative estimate of drug-likeness (QED) is 0.930. The monoisotopic (exact) mass is 277 g/mol. The molecular weight excluding hydrogens is 261 g/mol. The zero-order valence-electron chi connectivity index (χ0n) is 11.6. The van der Waals surface area contributed by atoms with Crippen molar-refractivity contribution in [2.75, 3.05) is 0 Å². The van der Waals surface area contributed by atoms with E-state index in [1.807, 2.05) is 0 Å². The van der Waals surface area contributed by atoms with Crippen molar-refractivity contribution in [2.24, 2.45) is 0 Å². The number of pyridine rings is 1. The molecule has 0 saturated heterocycles. The van der Waals surface area contributed by atoms with E-state index >= 15 is 0 Å². The van der Waals surface area contributed by atoms with Gasteiger partial charge in [-0.05, 0) is 32.4 Å². The maximum absolute atomic E-state index is 13.9. The molecule has 1 heterocycles. The van der Waals surface area contributed by atoms with E-state index in [9.17, 15) is 14.3 Å². The number of carbonyl (C=O) groups is 1. The van der Waals surface area contributed by atoms with Crippen LogP contribution >= 0.6 is 0 Å². The van der Waals surface area contributed by atoms with Crippen molar-refractivity contribution in [1.29, 1.82) is 0 Å². The van der Waals surface area contributed by atoms with Gasteiger partial charge in [-0.15, -0.1) is 0 Å². The second-order valence-corrected chi connectivity index (χ2v) is 4.72. The Kier molecular flexibility index (Phi) is 3.88. The van der Waals surface area contributed by atoms with Crippen LogP contribution in [0, 0.1) is 5.82 Å². The summed E-state index contributed by atoms with van der Waals surface area (Å²) in [5.74, 6) is -1.41. The Labute approximate surface area is 116 Å². The van der Waals surface area contributed by atoms with Crippen LogP contribution in [0.4, 0.5) is 4.39 Å². The molecule has 0 bridgehead atoms. The third-order valence-electron chi connectivity index (χ3n) is 2.90. The number of fused-ring (bicyclic) bond motifs is 1. The van der Waals surface area contributed by atoms with Crippen LogP contribution in [0.3, 0.4) is 0 Å². The number of aromatic nitrogens is 1. The van der Waals surface area contributed by atoms with Gasteiger partial charge in [0.1, 0.15) is 22.6 Å². The summed E-state index contributed by atoms with van der Waals surface area (Å²) in [6.45, 7) is 5.37. The van der Waals surface area contributed by atoms with Gasteiger partial charge in [0.25, 0.3) is 0 Å². The number of nitrogens with zero attached hydrogens (tertiary/aromatic N) is 1. The van der Waals surface area contributed by atoms with Crippen LogP contribution in [0.25, 0.3) is 10.9 Å². The number of halogens is 1. The summed E-state index contributed by atoms with van der Waals surface area (Å²) in [5.41, 5.74) is 0.482. The van der Waals surface area contributed by atoms with Crippen molar-refractivity contribution in [3.05, 3.63) is 35.3 Å². The minimum Gasteiger partial charge on any atom is -0.489 e. The minimum absolute atomic E-state index is 0.0132. The number of rotatable bonds is 4. The summed E-state index contributed by atoms with van der Waals surface area (Å²) in [7, 11) is 0. The molecule has 0 radical (unpaired) electrons. The highest BCUT2D eigenvalue weighted by Crippen LogP contribution is 2.33. The van der Waals surface area contributed by atoms with Crippen molar-refractivity contribution in [1.82, 2.24) is 4.98 Å². The van der Waals surface area contributed by atoms with Crippen LogP contribution in [-0.2, 0) is 6.42 Å². The lowest BCUT2D eigenvalue weighted by molar-refractivity contribution is 0.0689. The topological polar surface area (TPSA) is 59.4 Å². The number of aryl methyl sites for hydroxylation is 1. The summed E-state index contributed by atoms with van der Waals surface area (Å²) in [6.07, 6.45) is 0.173. The standard InChI is InChI=1S/C15H16FNO3/c1-4-11-12(15(18)19)14(20-8(2)3)9-6-5-7-10(16)13(9)17-11/h5-8H,4H2,1-3H3,(H,18,19). The molecule has 4 nitrogen and oxygen atoms in total. The van der Waals surface area contributed by atoms with Gasteiger partial charge in [0, 0.05) is 5.39 Å². The molecular formula is C15H16FNO3. The van der Waals surface area contributed by atoms with Gasteiger partial charge in [-0.1, -0.05) is 13.0 Å². The van der Waals surface area contributed by atoms with Crippen molar-refractivity contribution in [3.8, 4) is 5.75 Å². The Balaban J connectivity index is 2.88. The number of carboxylic acid groups (broad SMARTS) is 1. The van der Waals surface area contributed by atoms with E-state index < -0.39 is 11.8 Å². The number of aromatic carboxylic acids is 1. The number of benzene rings is 1. The molecule has 0 atom stereocenters. The normalized spacial score (nSPS) is 11.1. The molecule has 0 aliphatic heterocycles. The van der Waals surface area contributed by atoms with E-state index in [2.05, 4.69) is 4.98 Å². The predicted molar refractivity (Wildman–Crippen MR) is 73.8 cm³/mol. The first kappa shape index (κ1) is 14.2. The fourth-order valence-electron chi connectivity index (χ4n) is 2.10. The SMILES string of the molecule is CCc1nc2c(F)cccc2c(OC(C)C)c1C(=O)O. The lowest BCUT2D eigenvalue weighted by atomic mass is 10.1. The fourth-order valence-corrected chi connectivity index (χ4v) is 2.10. The lowest BCUT2D eigenvalue weighted by Crippen LogP contribution is -2.14. The molecule has 1 N–H and O–H groups in total. The van der Waals surface area contributed by atoms with Crippen molar-refractivity contribution < 1.29 is 19.0 Å². The Bertz CT molecular complexity index is 668. The summed E-state index contributed by atoms with van der Waals surface area (Å²) in [6, 6.07) is 4.44. The largest absolute Gasteiger partial charge is 0.489 e. The third kappa shape index (κ3) is 2.43. The molecule has 0 aliphatic carbocycles. The molecule has 0 fully saturated rings. The number of hydrogen-bond donors (Lipinski definition) is 1. The Hall–Kier alpha value is -2.17. The van der Waals surface area contributed by atoms with Crippen LogP contribution in [0.15, 0.2) is 18.2 Å². The Morgan fingerprint density at radius 1 is 1.45 bits per heavy atom. The minimum atomic E-state index is -1.11. The van der Waals surface area contributed by atoms with Gasteiger partial charge in [-0.3, -0.25) is 0 Å². The van der Waals surface area contributed by atoms with E-state index in [1.165, 1.54) is 12.1 Å². The van der Waals surface area contributed by atoms with Gasteiger partial charge >= 0.3 is 5.97 Å². The molecule has 0 unspecified atom stereocenters. The molecule has 5 heteroatoms. The van der Waals surface area contributed by atoms with Crippen LogP contribution < -0.4 is 4.74 Å². The van der Waals surface area contributed by atoms with E-state index in [0.717, 1.165) is 0 Å². The molecule has 20 heavy (non-hydrogen) atoms. The Morgan fingerprint density at radius 3 is 2.70 bits per heavy atom. The highest BCUT2D eigenvalue weighted by atomic mass is 19.1. The van der Waals surface area contributed by atoms with Crippen LogP contribution in [0.5, 0.6) is 5.75 Å². The number of hydrogen-bond acceptors (Lipinski definition) is 3.